The van der Waals surface area contributed by atoms with E-state index in [1.807, 2.05) is 43.9 Å². The number of halogens is 2. The lowest BCUT2D eigenvalue weighted by Gasteiger charge is -2.25. The topological polar surface area (TPSA) is 29.5 Å². The highest BCUT2D eigenvalue weighted by Gasteiger charge is 2.16. The number of hydrogen-bond donors (Lipinski definition) is 0. The molecule has 0 aliphatic rings. The Hall–Kier alpha value is -0.580. The molecule has 0 saturated heterocycles. The number of benzene rings is 1. The van der Waals surface area contributed by atoms with Crippen LogP contribution in [0.3, 0.4) is 0 Å². The maximum Gasteiger partial charge on any atom is 0.320 e. The quantitative estimate of drug-likeness (QED) is 0.731. The molecule has 1 aromatic rings. The first-order chi connectivity index (χ1) is 8.93. The molecule has 0 amide bonds. The Bertz CT molecular complexity index is 437. The van der Waals surface area contributed by atoms with Crippen LogP contribution in [0.5, 0.6) is 0 Å². The normalized spacial score (nSPS) is 11.1. The molecule has 0 N–H and O–H groups in total. The van der Waals surface area contributed by atoms with Crippen molar-refractivity contribution in [2.75, 3.05) is 13.2 Å². The predicted molar refractivity (Wildman–Crippen MR) is 81.3 cm³/mol. The molecule has 0 heterocycles. The fourth-order valence-corrected chi connectivity index (χ4v) is 2.40. The van der Waals surface area contributed by atoms with Crippen LogP contribution in [0.2, 0.25) is 5.02 Å². The predicted octanol–water partition coefficient (Wildman–Crippen LogP) is 3.88. The van der Waals surface area contributed by atoms with Gasteiger partial charge in [0.2, 0.25) is 0 Å². The molecule has 1 rings (SSSR count). The molecule has 0 atom stereocenters. The SMILES string of the molecule is CCOC(=O)CN(Cc1ccc(Br)cc1Cl)C(C)C. The molecular formula is C14H19BrClNO2. The molecule has 5 heteroatoms. The Kier molecular flexibility index (Phi) is 6.83. The zero-order valence-electron chi connectivity index (χ0n) is 11.5. The molecule has 0 aliphatic carbocycles. The molecule has 0 saturated carbocycles. The van der Waals surface area contributed by atoms with E-state index in [9.17, 15) is 4.79 Å². The maximum absolute atomic E-state index is 11.6. The third kappa shape index (κ3) is 5.51. The van der Waals surface area contributed by atoms with Crippen LogP contribution in [0, 0.1) is 0 Å². The average Bonchev–Trinajstić information content (AvgIpc) is 2.31. The first-order valence-corrected chi connectivity index (χ1v) is 7.44. The van der Waals surface area contributed by atoms with Gasteiger partial charge in [0.25, 0.3) is 0 Å². The van der Waals surface area contributed by atoms with Crippen molar-refractivity contribution in [3.05, 3.63) is 33.3 Å². The Labute approximate surface area is 128 Å². The van der Waals surface area contributed by atoms with Crippen molar-refractivity contribution in [3.63, 3.8) is 0 Å². The Balaban J connectivity index is 2.75. The molecular weight excluding hydrogens is 330 g/mol. The molecule has 0 unspecified atom stereocenters. The zero-order valence-corrected chi connectivity index (χ0v) is 13.8. The molecule has 106 valence electrons. The second kappa shape index (κ2) is 7.88. The van der Waals surface area contributed by atoms with Crippen molar-refractivity contribution in [1.29, 1.82) is 0 Å². The lowest BCUT2D eigenvalue weighted by molar-refractivity contribution is -0.145. The number of ether oxygens (including phenoxy) is 1. The minimum atomic E-state index is -0.204. The van der Waals surface area contributed by atoms with E-state index in [-0.39, 0.29) is 18.6 Å². The summed E-state index contributed by atoms with van der Waals surface area (Å²) in [6.07, 6.45) is 0. The zero-order chi connectivity index (χ0) is 14.4. The van der Waals surface area contributed by atoms with Gasteiger partial charge in [-0.1, -0.05) is 33.6 Å². The van der Waals surface area contributed by atoms with Gasteiger partial charge >= 0.3 is 5.97 Å². The van der Waals surface area contributed by atoms with E-state index in [0.29, 0.717) is 18.2 Å². The summed E-state index contributed by atoms with van der Waals surface area (Å²) < 4.78 is 5.94. The van der Waals surface area contributed by atoms with Gasteiger partial charge in [-0.25, -0.2) is 0 Å². The van der Waals surface area contributed by atoms with Crippen molar-refractivity contribution in [1.82, 2.24) is 4.90 Å². The summed E-state index contributed by atoms with van der Waals surface area (Å²) in [5, 5.41) is 0.698. The standard InChI is InChI=1S/C14H19BrClNO2/c1-4-19-14(18)9-17(10(2)3)8-11-5-6-12(15)7-13(11)16/h5-7,10H,4,8-9H2,1-3H3. The van der Waals surface area contributed by atoms with Gasteiger partial charge in [0.15, 0.2) is 0 Å². The van der Waals surface area contributed by atoms with E-state index in [2.05, 4.69) is 15.9 Å². The first-order valence-electron chi connectivity index (χ1n) is 6.27. The second-order valence-corrected chi connectivity index (χ2v) is 5.86. The smallest absolute Gasteiger partial charge is 0.320 e. The van der Waals surface area contributed by atoms with E-state index < -0.39 is 0 Å². The van der Waals surface area contributed by atoms with E-state index in [4.69, 9.17) is 16.3 Å². The van der Waals surface area contributed by atoms with Gasteiger partial charge in [-0.2, -0.15) is 0 Å². The number of nitrogens with zero attached hydrogens (tertiary/aromatic N) is 1. The largest absolute Gasteiger partial charge is 0.465 e. The summed E-state index contributed by atoms with van der Waals surface area (Å²) in [6, 6.07) is 6.01. The van der Waals surface area contributed by atoms with Crippen molar-refractivity contribution in [2.45, 2.75) is 33.4 Å². The first kappa shape index (κ1) is 16.5. The minimum Gasteiger partial charge on any atom is -0.465 e. The van der Waals surface area contributed by atoms with Crippen molar-refractivity contribution in [3.8, 4) is 0 Å². The number of hydrogen-bond acceptors (Lipinski definition) is 3. The van der Waals surface area contributed by atoms with E-state index in [1.165, 1.54) is 0 Å². The summed E-state index contributed by atoms with van der Waals surface area (Å²) in [4.78, 5) is 13.6. The second-order valence-electron chi connectivity index (χ2n) is 4.54. The van der Waals surface area contributed by atoms with Gasteiger partial charge < -0.3 is 4.74 Å². The molecule has 0 aromatic heterocycles. The van der Waals surface area contributed by atoms with Gasteiger partial charge in [0.05, 0.1) is 13.2 Å². The van der Waals surface area contributed by atoms with E-state index in [1.54, 1.807) is 0 Å². The molecule has 0 spiro atoms. The van der Waals surface area contributed by atoms with Crippen molar-refractivity contribution in [2.24, 2.45) is 0 Å². The molecule has 0 aliphatic heterocycles. The highest BCUT2D eigenvalue weighted by atomic mass is 79.9. The van der Waals surface area contributed by atoms with Crippen LogP contribution < -0.4 is 0 Å². The van der Waals surface area contributed by atoms with Crippen LogP contribution in [-0.4, -0.2) is 30.1 Å². The molecule has 0 bridgehead atoms. The van der Waals surface area contributed by atoms with Gasteiger partial charge in [0, 0.05) is 22.1 Å². The molecule has 19 heavy (non-hydrogen) atoms. The summed E-state index contributed by atoms with van der Waals surface area (Å²) in [5.74, 6) is -0.204. The summed E-state index contributed by atoms with van der Waals surface area (Å²) in [6.45, 7) is 7.21. The average molecular weight is 349 g/mol. The number of rotatable bonds is 6. The van der Waals surface area contributed by atoms with Crippen LogP contribution in [-0.2, 0) is 16.1 Å². The third-order valence-electron chi connectivity index (χ3n) is 2.76. The minimum absolute atomic E-state index is 0.204. The van der Waals surface area contributed by atoms with Crippen LogP contribution in [0.25, 0.3) is 0 Å². The highest BCUT2D eigenvalue weighted by molar-refractivity contribution is 9.10. The van der Waals surface area contributed by atoms with Gasteiger partial charge in [-0.15, -0.1) is 0 Å². The Morgan fingerprint density at radius 2 is 2.16 bits per heavy atom. The van der Waals surface area contributed by atoms with Crippen molar-refractivity contribution < 1.29 is 9.53 Å². The molecule has 0 fully saturated rings. The number of esters is 1. The van der Waals surface area contributed by atoms with E-state index in [0.717, 1.165) is 10.0 Å². The lowest BCUT2D eigenvalue weighted by atomic mass is 10.2. The van der Waals surface area contributed by atoms with Crippen molar-refractivity contribution >= 4 is 33.5 Å². The fraction of sp³-hybridized carbons (Fsp3) is 0.500. The third-order valence-corrected chi connectivity index (χ3v) is 3.60. The lowest BCUT2D eigenvalue weighted by Crippen LogP contribution is -2.36. The van der Waals surface area contributed by atoms with Gasteiger partial charge in [-0.3, -0.25) is 9.69 Å². The van der Waals surface area contributed by atoms with Crippen LogP contribution >= 0.6 is 27.5 Å². The maximum atomic E-state index is 11.6. The van der Waals surface area contributed by atoms with E-state index >= 15 is 0 Å². The van der Waals surface area contributed by atoms with Crippen LogP contribution in [0.4, 0.5) is 0 Å². The molecule has 0 radical (unpaired) electrons. The van der Waals surface area contributed by atoms with Gasteiger partial charge in [0.1, 0.15) is 0 Å². The highest BCUT2D eigenvalue weighted by Crippen LogP contribution is 2.23. The monoisotopic (exact) mass is 347 g/mol. The number of carbonyl (C=O) groups is 1. The number of carbonyl (C=O) groups excluding carboxylic acids is 1. The summed E-state index contributed by atoms with van der Waals surface area (Å²) in [7, 11) is 0. The summed E-state index contributed by atoms with van der Waals surface area (Å²) in [5.41, 5.74) is 1.00. The van der Waals surface area contributed by atoms with Gasteiger partial charge in [-0.05, 0) is 38.5 Å². The fourth-order valence-electron chi connectivity index (χ4n) is 1.66. The Morgan fingerprint density at radius 1 is 1.47 bits per heavy atom. The molecule has 3 nitrogen and oxygen atoms in total. The van der Waals surface area contributed by atoms with Crippen LogP contribution in [0.15, 0.2) is 22.7 Å². The van der Waals surface area contributed by atoms with Crippen LogP contribution in [0.1, 0.15) is 26.3 Å². The summed E-state index contributed by atoms with van der Waals surface area (Å²) >= 11 is 9.58. The Morgan fingerprint density at radius 3 is 2.68 bits per heavy atom. The molecule has 1 aromatic carbocycles.